The van der Waals surface area contributed by atoms with Crippen molar-refractivity contribution in [2.24, 2.45) is 0 Å². The minimum Gasteiger partial charge on any atom is -0.290 e. The van der Waals surface area contributed by atoms with Crippen LogP contribution >= 0.6 is 0 Å². The van der Waals surface area contributed by atoms with E-state index >= 15 is 0 Å². The van der Waals surface area contributed by atoms with Crippen molar-refractivity contribution in [1.82, 2.24) is 4.90 Å². The van der Waals surface area contributed by atoms with E-state index in [0.29, 0.717) is 6.04 Å². The summed E-state index contributed by atoms with van der Waals surface area (Å²) in [5.41, 5.74) is 0. The third kappa shape index (κ3) is 2.24. The predicted molar refractivity (Wildman–Crippen MR) is 48.3 cm³/mol. The van der Waals surface area contributed by atoms with E-state index in [1.165, 1.54) is 32.4 Å². The van der Waals surface area contributed by atoms with E-state index in [-0.39, 0.29) is 0 Å². The summed E-state index contributed by atoms with van der Waals surface area (Å²) in [6.45, 7) is 4.59. The molecule has 1 aliphatic rings. The molecule has 11 heavy (non-hydrogen) atoms. The summed E-state index contributed by atoms with van der Waals surface area (Å²) in [4.78, 5) is 2.43. The predicted octanol–water partition coefficient (Wildman–Crippen LogP) is 1.88. The van der Waals surface area contributed by atoms with E-state index in [9.17, 15) is 0 Å². The van der Waals surface area contributed by atoms with Crippen molar-refractivity contribution in [2.45, 2.75) is 38.6 Å². The van der Waals surface area contributed by atoms with E-state index in [4.69, 9.17) is 6.42 Å². The molecule has 1 aliphatic heterocycles. The van der Waals surface area contributed by atoms with Gasteiger partial charge in [-0.25, -0.2) is 0 Å². The van der Waals surface area contributed by atoms with Gasteiger partial charge in [-0.2, -0.15) is 0 Å². The number of nitrogens with zero attached hydrogens (tertiary/aromatic N) is 1. The van der Waals surface area contributed by atoms with Crippen LogP contribution in [0.4, 0.5) is 0 Å². The average molecular weight is 151 g/mol. The van der Waals surface area contributed by atoms with E-state index in [1.807, 2.05) is 0 Å². The normalized spacial score (nSPS) is 22.5. The van der Waals surface area contributed by atoms with Crippen LogP contribution in [0, 0.1) is 12.3 Å². The Morgan fingerprint density at radius 3 is 2.45 bits per heavy atom. The van der Waals surface area contributed by atoms with Gasteiger partial charge in [0.05, 0.1) is 6.04 Å². The van der Waals surface area contributed by atoms with Crippen molar-refractivity contribution < 1.29 is 0 Å². The van der Waals surface area contributed by atoms with E-state index < -0.39 is 0 Å². The van der Waals surface area contributed by atoms with Crippen LogP contribution in [0.2, 0.25) is 0 Å². The summed E-state index contributed by atoms with van der Waals surface area (Å²) in [6, 6.07) is 0.398. The summed E-state index contributed by atoms with van der Waals surface area (Å²) in [7, 11) is 0. The molecule has 0 spiro atoms. The fourth-order valence-corrected chi connectivity index (χ4v) is 1.71. The van der Waals surface area contributed by atoms with E-state index in [2.05, 4.69) is 17.7 Å². The molecule has 0 aromatic heterocycles. The minimum absolute atomic E-state index is 0.398. The van der Waals surface area contributed by atoms with Gasteiger partial charge in [0.25, 0.3) is 0 Å². The third-order valence-corrected chi connectivity index (χ3v) is 2.41. The van der Waals surface area contributed by atoms with Gasteiger partial charge in [-0.1, -0.05) is 19.3 Å². The molecule has 1 atom stereocenters. The van der Waals surface area contributed by atoms with Gasteiger partial charge in [-0.05, 0) is 32.4 Å². The topological polar surface area (TPSA) is 3.24 Å². The fraction of sp³-hybridized carbons (Fsp3) is 0.800. The number of hydrogen-bond acceptors (Lipinski definition) is 1. The first-order valence-corrected chi connectivity index (χ1v) is 4.58. The van der Waals surface area contributed by atoms with Crippen molar-refractivity contribution in [2.75, 3.05) is 13.1 Å². The van der Waals surface area contributed by atoms with Crippen LogP contribution in [0.15, 0.2) is 0 Å². The minimum atomic E-state index is 0.398. The Bertz CT molecular complexity index is 139. The third-order valence-electron chi connectivity index (χ3n) is 2.41. The zero-order valence-electron chi connectivity index (χ0n) is 7.34. The largest absolute Gasteiger partial charge is 0.290 e. The molecule has 1 saturated heterocycles. The van der Waals surface area contributed by atoms with Gasteiger partial charge >= 0.3 is 0 Å². The Labute approximate surface area is 69.8 Å². The molecule has 1 fully saturated rings. The lowest BCUT2D eigenvalue weighted by Gasteiger charge is -2.30. The number of rotatable bonds is 2. The molecule has 1 nitrogen and oxygen atoms in total. The molecule has 1 heteroatoms. The SMILES string of the molecule is C#CC(CC)N1CCCCC1. The summed E-state index contributed by atoms with van der Waals surface area (Å²) in [5, 5.41) is 0. The second-order valence-corrected chi connectivity index (χ2v) is 3.19. The zero-order chi connectivity index (χ0) is 8.10. The van der Waals surface area contributed by atoms with Gasteiger partial charge in [0.1, 0.15) is 0 Å². The molecule has 0 radical (unpaired) electrons. The lowest BCUT2D eigenvalue weighted by Crippen LogP contribution is -2.37. The standard InChI is InChI=1S/C10H17N/c1-3-10(4-2)11-8-6-5-7-9-11/h1,10H,4-9H2,2H3. The average Bonchev–Trinajstić information content (AvgIpc) is 2.09. The first kappa shape index (κ1) is 8.62. The maximum Gasteiger partial charge on any atom is 0.0709 e. The first-order valence-electron chi connectivity index (χ1n) is 4.58. The number of likely N-dealkylation sites (tertiary alicyclic amines) is 1. The molecule has 0 bridgehead atoms. The van der Waals surface area contributed by atoms with E-state index in [1.54, 1.807) is 0 Å². The monoisotopic (exact) mass is 151 g/mol. The Kier molecular flexibility index (Phi) is 3.45. The summed E-state index contributed by atoms with van der Waals surface area (Å²) < 4.78 is 0. The maximum atomic E-state index is 5.42. The highest BCUT2D eigenvalue weighted by Gasteiger charge is 2.16. The van der Waals surface area contributed by atoms with Gasteiger partial charge in [0.15, 0.2) is 0 Å². The zero-order valence-corrected chi connectivity index (χ0v) is 7.34. The second kappa shape index (κ2) is 4.41. The highest BCUT2D eigenvalue weighted by molar-refractivity contribution is 4.99. The van der Waals surface area contributed by atoms with Crippen molar-refractivity contribution in [3.05, 3.63) is 0 Å². The Balaban J connectivity index is 2.38. The van der Waals surface area contributed by atoms with Crippen molar-refractivity contribution in [1.29, 1.82) is 0 Å². The van der Waals surface area contributed by atoms with Gasteiger partial charge in [-0.3, -0.25) is 4.90 Å². The van der Waals surface area contributed by atoms with Crippen molar-refractivity contribution in [3.63, 3.8) is 0 Å². The summed E-state index contributed by atoms with van der Waals surface area (Å²) in [6.07, 6.45) is 10.6. The molecule has 1 heterocycles. The molecular weight excluding hydrogens is 134 g/mol. The molecule has 0 saturated carbocycles. The highest BCUT2D eigenvalue weighted by atomic mass is 15.1. The van der Waals surface area contributed by atoms with Crippen LogP contribution in [0.3, 0.4) is 0 Å². The Morgan fingerprint density at radius 1 is 1.36 bits per heavy atom. The molecule has 62 valence electrons. The van der Waals surface area contributed by atoms with Crippen LogP contribution in [0.25, 0.3) is 0 Å². The van der Waals surface area contributed by atoms with Gasteiger partial charge < -0.3 is 0 Å². The smallest absolute Gasteiger partial charge is 0.0709 e. The lowest BCUT2D eigenvalue weighted by molar-refractivity contribution is 0.193. The molecule has 0 aromatic rings. The van der Waals surface area contributed by atoms with Gasteiger partial charge in [0.2, 0.25) is 0 Å². The number of piperidine rings is 1. The van der Waals surface area contributed by atoms with Crippen LogP contribution in [0.1, 0.15) is 32.6 Å². The number of hydrogen-bond donors (Lipinski definition) is 0. The van der Waals surface area contributed by atoms with Crippen LogP contribution in [-0.4, -0.2) is 24.0 Å². The second-order valence-electron chi connectivity index (χ2n) is 3.19. The van der Waals surface area contributed by atoms with Gasteiger partial charge in [0, 0.05) is 0 Å². The molecule has 0 amide bonds. The van der Waals surface area contributed by atoms with Crippen molar-refractivity contribution in [3.8, 4) is 12.3 Å². The lowest BCUT2D eigenvalue weighted by atomic mass is 10.1. The summed E-state index contributed by atoms with van der Waals surface area (Å²) in [5.74, 6) is 2.85. The van der Waals surface area contributed by atoms with E-state index in [0.717, 1.165) is 6.42 Å². The van der Waals surface area contributed by atoms with Crippen molar-refractivity contribution >= 4 is 0 Å². The van der Waals surface area contributed by atoms with Crippen LogP contribution < -0.4 is 0 Å². The molecule has 1 unspecified atom stereocenters. The molecule has 0 N–H and O–H groups in total. The number of terminal acetylenes is 1. The summed E-state index contributed by atoms with van der Waals surface area (Å²) >= 11 is 0. The van der Waals surface area contributed by atoms with Crippen LogP contribution in [-0.2, 0) is 0 Å². The molecule has 0 aliphatic carbocycles. The molecule has 1 rings (SSSR count). The highest BCUT2D eigenvalue weighted by Crippen LogP contribution is 2.13. The van der Waals surface area contributed by atoms with Gasteiger partial charge in [-0.15, -0.1) is 6.42 Å². The molecule has 0 aromatic carbocycles. The Hall–Kier alpha value is -0.480. The Morgan fingerprint density at radius 2 is 2.00 bits per heavy atom. The molecular formula is C10H17N. The fourth-order valence-electron chi connectivity index (χ4n) is 1.71. The van der Waals surface area contributed by atoms with Crippen LogP contribution in [0.5, 0.6) is 0 Å². The maximum absolute atomic E-state index is 5.42. The quantitative estimate of drug-likeness (QED) is 0.545. The first-order chi connectivity index (χ1) is 5.38.